The van der Waals surface area contributed by atoms with Gasteiger partial charge >= 0.3 is 11.5 Å². The molecule has 5 rings (SSSR count). The summed E-state index contributed by atoms with van der Waals surface area (Å²) in [4.78, 5) is 42.5. The number of aromatic amines is 1. The van der Waals surface area contributed by atoms with Crippen LogP contribution >= 0.6 is 34.5 Å². The molecule has 13 heteroatoms. The topological polar surface area (TPSA) is 112 Å². The molecule has 0 atom stereocenters. The molecule has 4 aromatic heterocycles. The lowest BCUT2D eigenvalue weighted by atomic mass is 10.2. The van der Waals surface area contributed by atoms with Crippen molar-refractivity contribution in [2.75, 3.05) is 0 Å². The van der Waals surface area contributed by atoms with Gasteiger partial charge in [-0.2, -0.15) is 5.10 Å². The van der Waals surface area contributed by atoms with Crippen LogP contribution < -0.4 is 16.8 Å². The van der Waals surface area contributed by atoms with E-state index in [1.54, 1.807) is 28.2 Å². The number of H-pyrrole nitrogens is 1. The second kappa shape index (κ2) is 8.42. The minimum absolute atomic E-state index is 0.132. The maximum atomic E-state index is 12.5. The van der Waals surface area contributed by atoms with Crippen LogP contribution in [0.5, 0.6) is 0 Å². The van der Waals surface area contributed by atoms with Crippen LogP contribution in [-0.2, 0) is 6.54 Å². The lowest BCUT2D eigenvalue weighted by molar-refractivity contribution is 0.761. The average Bonchev–Trinajstić information content (AvgIpc) is 3.46. The van der Waals surface area contributed by atoms with Crippen molar-refractivity contribution in [3.05, 3.63) is 106 Å². The van der Waals surface area contributed by atoms with Gasteiger partial charge in [-0.05, 0) is 34.7 Å². The van der Waals surface area contributed by atoms with Crippen molar-refractivity contribution in [2.45, 2.75) is 6.54 Å². The van der Waals surface area contributed by atoms with E-state index >= 15 is 0 Å². The second-order valence-electron chi connectivity index (χ2n) is 7.03. The Hall–Kier alpha value is -3.98. The van der Waals surface area contributed by atoms with Crippen molar-refractivity contribution in [1.29, 1.82) is 0 Å². The predicted molar refractivity (Wildman–Crippen MR) is 129 cm³/mol. The molecule has 0 radical (unpaired) electrons. The van der Waals surface area contributed by atoms with Gasteiger partial charge in [-0.15, -0.1) is 16.0 Å². The summed E-state index contributed by atoms with van der Waals surface area (Å²) in [7, 11) is 0. The third-order valence-corrected chi connectivity index (χ3v) is 6.43. The Balaban J connectivity index is 1.65. The van der Waals surface area contributed by atoms with Gasteiger partial charge in [-0.3, -0.25) is 14.6 Å². The van der Waals surface area contributed by atoms with Crippen LogP contribution in [0.1, 0.15) is 4.88 Å². The van der Waals surface area contributed by atoms with E-state index in [0.29, 0.717) is 23.3 Å². The Morgan fingerprint density at radius 1 is 1.06 bits per heavy atom. The summed E-state index contributed by atoms with van der Waals surface area (Å²) in [5, 5.41) is 10.4. The molecule has 0 saturated carbocycles. The van der Waals surface area contributed by atoms with Gasteiger partial charge < -0.3 is 9.41 Å². The zero-order valence-electron chi connectivity index (χ0n) is 16.9. The van der Waals surface area contributed by atoms with E-state index in [1.165, 1.54) is 22.9 Å². The number of nitrogens with one attached hydrogen (secondary N) is 1. The highest BCUT2D eigenvalue weighted by atomic mass is 35.5. The molecule has 0 fully saturated rings. The fraction of sp³-hybridized carbons (Fsp3) is 0.0476. The number of halogens is 2. The summed E-state index contributed by atoms with van der Waals surface area (Å²) in [6.07, 6.45) is 1.56. The normalized spacial score (nSPS) is 11.1. The predicted octanol–water partition coefficient (Wildman–Crippen LogP) is 3.39. The van der Waals surface area contributed by atoms with Gasteiger partial charge in [0.1, 0.15) is 5.69 Å². The minimum Gasteiger partial charge on any atom is -0.354 e. The average molecular weight is 512 g/mol. The van der Waals surface area contributed by atoms with Crippen LogP contribution in [0, 0.1) is 6.57 Å². The molecule has 34 heavy (non-hydrogen) atoms. The van der Waals surface area contributed by atoms with Crippen LogP contribution in [-0.4, -0.2) is 29.1 Å². The number of hydrogen-bond acceptors (Lipinski definition) is 6. The first-order valence-corrected chi connectivity index (χ1v) is 11.2. The lowest BCUT2D eigenvalue weighted by Gasteiger charge is -2.11. The largest absolute Gasteiger partial charge is 0.365 e. The number of rotatable bonds is 4. The molecule has 0 amide bonds. The Kier molecular flexibility index (Phi) is 5.41. The molecule has 1 aromatic carbocycles. The van der Waals surface area contributed by atoms with E-state index in [2.05, 4.69) is 15.0 Å². The third kappa shape index (κ3) is 3.63. The Labute approximate surface area is 203 Å². The highest BCUT2D eigenvalue weighted by molar-refractivity contribution is 7.09. The van der Waals surface area contributed by atoms with Crippen molar-refractivity contribution in [2.24, 2.45) is 0 Å². The monoisotopic (exact) mass is 511 g/mol. The summed E-state index contributed by atoms with van der Waals surface area (Å²) in [6.45, 7) is 7.43. The van der Waals surface area contributed by atoms with Gasteiger partial charge in [0.25, 0.3) is 11.1 Å². The number of fused-ring (bicyclic) bond motifs is 1. The fourth-order valence-electron chi connectivity index (χ4n) is 3.49. The molecule has 0 aliphatic heterocycles. The minimum atomic E-state index is -0.887. The van der Waals surface area contributed by atoms with E-state index < -0.39 is 17.1 Å². The Morgan fingerprint density at radius 2 is 1.82 bits per heavy atom. The van der Waals surface area contributed by atoms with Crippen molar-refractivity contribution in [1.82, 2.24) is 29.1 Å². The summed E-state index contributed by atoms with van der Waals surface area (Å²) in [5.74, 6) is -0.502. The van der Waals surface area contributed by atoms with Gasteiger partial charge in [-0.25, -0.2) is 9.48 Å². The zero-order chi connectivity index (χ0) is 24.0. The standard InChI is InChI=1S/C21H11Cl2N7O3S/c1-24-19-20(32)26-21(33)29(27-19)11-7-13(22)18(14(23)8-11)30-15-4-5-17(31)28(16(15)9-25-30)10-12-3-2-6-34-12/h2-9H,10H2,(H,26,32,33). The number of thiophene rings is 1. The maximum Gasteiger partial charge on any atom is 0.365 e. The van der Waals surface area contributed by atoms with E-state index in [0.717, 1.165) is 9.56 Å². The van der Waals surface area contributed by atoms with Crippen molar-refractivity contribution in [3.63, 3.8) is 0 Å². The van der Waals surface area contributed by atoms with Crippen LogP contribution in [0.2, 0.25) is 10.0 Å². The number of hydrogen-bond donors (Lipinski definition) is 1. The van der Waals surface area contributed by atoms with Crippen LogP contribution in [0.25, 0.3) is 27.3 Å². The Morgan fingerprint density at radius 3 is 2.50 bits per heavy atom. The Bertz CT molecular complexity index is 1770. The molecule has 0 saturated heterocycles. The first-order valence-electron chi connectivity index (χ1n) is 9.58. The molecule has 0 aliphatic rings. The first kappa shape index (κ1) is 21.8. The fourth-order valence-corrected chi connectivity index (χ4v) is 4.82. The van der Waals surface area contributed by atoms with Crippen molar-refractivity contribution >= 4 is 51.4 Å². The molecule has 0 spiro atoms. The smallest absolute Gasteiger partial charge is 0.354 e. The highest BCUT2D eigenvalue weighted by Crippen LogP contribution is 2.33. The summed E-state index contributed by atoms with van der Waals surface area (Å²) in [5.41, 5.74) is -0.241. The van der Waals surface area contributed by atoms with Gasteiger partial charge in [0.2, 0.25) is 0 Å². The van der Waals surface area contributed by atoms with Crippen LogP contribution in [0.15, 0.2) is 62.4 Å². The first-order chi connectivity index (χ1) is 16.4. The van der Waals surface area contributed by atoms with E-state index in [-0.39, 0.29) is 21.3 Å². The maximum absolute atomic E-state index is 12.5. The SMILES string of the molecule is [C-]#[N+]c1nn(-c2cc(Cl)c(-n3ncc4c3ccc(=O)n4Cc3cccs3)c(Cl)c2)c(=O)[nH]c1=O. The molecule has 1 N–H and O–H groups in total. The number of benzene rings is 1. The third-order valence-electron chi connectivity index (χ3n) is 5.00. The molecular weight excluding hydrogens is 501 g/mol. The van der Waals surface area contributed by atoms with Gasteiger partial charge in [0.15, 0.2) is 0 Å². The molecule has 168 valence electrons. The molecule has 10 nitrogen and oxygen atoms in total. The van der Waals surface area contributed by atoms with Crippen molar-refractivity contribution in [3.8, 4) is 11.4 Å². The van der Waals surface area contributed by atoms with Gasteiger partial charge in [0.05, 0.1) is 39.5 Å². The zero-order valence-corrected chi connectivity index (χ0v) is 19.2. The van der Waals surface area contributed by atoms with Crippen LogP contribution in [0.4, 0.5) is 5.82 Å². The van der Waals surface area contributed by atoms with E-state index in [9.17, 15) is 14.4 Å². The molecule has 4 heterocycles. The van der Waals surface area contributed by atoms with Gasteiger partial charge in [-0.1, -0.05) is 35.8 Å². The van der Waals surface area contributed by atoms with Crippen LogP contribution in [0.3, 0.4) is 0 Å². The quantitative estimate of drug-likeness (QED) is 0.371. The number of aromatic nitrogens is 6. The summed E-state index contributed by atoms with van der Waals surface area (Å²) < 4.78 is 3.94. The van der Waals surface area contributed by atoms with E-state index in [4.69, 9.17) is 29.8 Å². The number of nitrogens with zero attached hydrogens (tertiary/aromatic N) is 6. The molecule has 5 aromatic rings. The highest BCUT2D eigenvalue weighted by Gasteiger charge is 2.19. The molecule has 0 aliphatic carbocycles. The second-order valence-corrected chi connectivity index (χ2v) is 8.88. The summed E-state index contributed by atoms with van der Waals surface area (Å²) in [6, 6.07) is 9.77. The lowest BCUT2D eigenvalue weighted by Crippen LogP contribution is -2.30. The molecule has 0 unspecified atom stereocenters. The van der Waals surface area contributed by atoms with Gasteiger partial charge in [0, 0.05) is 10.9 Å². The van der Waals surface area contributed by atoms with Crippen molar-refractivity contribution < 1.29 is 0 Å². The summed E-state index contributed by atoms with van der Waals surface area (Å²) >= 11 is 14.6. The molecule has 0 bridgehead atoms. The number of pyridine rings is 1. The van der Waals surface area contributed by atoms with E-state index in [1.807, 2.05) is 22.5 Å². The molecular formula is C21H11Cl2N7O3S.